The number of carbonyl (C=O) groups is 1. The number of amides is 1. The van der Waals surface area contributed by atoms with E-state index in [1.165, 1.54) is 11.8 Å². The van der Waals surface area contributed by atoms with E-state index in [2.05, 4.69) is 27.7 Å². The summed E-state index contributed by atoms with van der Waals surface area (Å²) in [4.78, 5) is 14.4. The minimum absolute atomic E-state index is 0.0707. The number of rotatable bonds is 6. The van der Waals surface area contributed by atoms with Gasteiger partial charge in [0.05, 0.1) is 13.2 Å². The number of anilines is 1. The Balaban J connectivity index is 1.91. The summed E-state index contributed by atoms with van der Waals surface area (Å²) < 4.78 is 5.29. The maximum atomic E-state index is 12.2. The summed E-state index contributed by atoms with van der Waals surface area (Å²) in [6, 6.07) is 6.10. The first-order valence-electron chi connectivity index (χ1n) is 8.54. The number of nitrogens with zero attached hydrogens (tertiary/aromatic N) is 2. The van der Waals surface area contributed by atoms with Crippen LogP contribution in [0.15, 0.2) is 23.9 Å². The summed E-state index contributed by atoms with van der Waals surface area (Å²) in [6.45, 7) is 10.6. The van der Waals surface area contributed by atoms with Crippen molar-refractivity contribution in [3.8, 4) is 6.07 Å². The van der Waals surface area contributed by atoms with Crippen LogP contribution in [0.3, 0.4) is 0 Å². The van der Waals surface area contributed by atoms with Crippen LogP contribution in [-0.4, -0.2) is 50.2 Å². The number of morpholine rings is 1. The molecule has 1 aliphatic rings. The number of nitriles is 1. The van der Waals surface area contributed by atoms with Crippen molar-refractivity contribution in [3.63, 3.8) is 0 Å². The van der Waals surface area contributed by atoms with Crippen LogP contribution in [0.5, 0.6) is 0 Å². The minimum atomic E-state index is -0.356. The summed E-state index contributed by atoms with van der Waals surface area (Å²) in [5.74, 6) is -0.356. The van der Waals surface area contributed by atoms with Gasteiger partial charge in [-0.25, -0.2) is 0 Å². The predicted octanol–water partition coefficient (Wildman–Crippen LogP) is 1.88. The summed E-state index contributed by atoms with van der Waals surface area (Å²) in [6.07, 6.45) is 1.48. The zero-order chi connectivity index (χ0) is 18.2. The van der Waals surface area contributed by atoms with E-state index in [9.17, 15) is 10.1 Å². The van der Waals surface area contributed by atoms with Gasteiger partial charge in [-0.15, -0.1) is 0 Å². The molecule has 2 N–H and O–H groups in total. The minimum Gasteiger partial charge on any atom is -0.379 e. The van der Waals surface area contributed by atoms with Crippen molar-refractivity contribution >= 4 is 11.6 Å². The van der Waals surface area contributed by atoms with Gasteiger partial charge in [0.25, 0.3) is 5.91 Å². The maximum absolute atomic E-state index is 12.2. The van der Waals surface area contributed by atoms with Gasteiger partial charge < -0.3 is 15.4 Å². The van der Waals surface area contributed by atoms with Gasteiger partial charge in [0, 0.05) is 38.1 Å². The van der Waals surface area contributed by atoms with Crippen molar-refractivity contribution in [3.05, 3.63) is 40.6 Å². The zero-order valence-corrected chi connectivity index (χ0v) is 15.2. The van der Waals surface area contributed by atoms with Crippen LogP contribution in [0.25, 0.3) is 0 Å². The molecule has 1 amide bonds. The Hall–Kier alpha value is -2.36. The molecule has 6 heteroatoms. The van der Waals surface area contributed by atoms with Gasteiger partial charge in [-0.2, -0.15) is 5.26 Å². The van der Waals surface area contributed by atoms with Crippen molar-refractivity contribution in [1.82, 2.24) is 10.2 Å². The molecule has 0 spiro atoms. The summed E-state index contributed by atoms with van der Waals surface area (Å²) in [5.41, 5.74) is 4.35. The number of aryl methyl sites for hydroxylation is 3. The van der Waals surface area contributed by atoms with Crippen LogP contribution < -0.4 is 10.6 Å². The molecule has 1 heterocycles. The molecule has 0 saturated carbocycles. The van der Waals surface area contributed by atoms with Gasteiger partial charge in [0.15, 0.2) is 0 Å². The van der Waals surface area contributed by atoms with Crippen molar-refractivity contribution in [2.75, 3.05) is 44.7 Å². The van der Waals surface area contributed by atoms with Gasteiger partial charge in [-0.05, 0) is 31.9 Å². The molecule has 0 aliphatic carbocycles. The van der Waals surface area contributed by atoms with Gasteiger partial charge in [-0.1, -0.05) is 17.7 Å². The molecule has 1 aromatic rings. The Bertz CT molecular complexity index is 662. The molecule has 0 unspecified atom stereocenters. The molecular weight excluding hydrogens is 316 g/mol. The molecule has 1 aromatic carbocycles. The molecular formula is C19H26N4O2. The van der Waals surface area contributed by atoms with E-state index >= 15 is 0 Å². The first kappa shape index (κ1) is 19.0. The van der Waals surface area contributed by atoms with Gasteiger partial charge in [-0.3, -0.25) is 9.69 Å². The normalized spacial score (nSPS) is 15.5. The summed E-state index contributed by atoms with van der Waals surface area (Å²) in [5, 5.41) is 15.2. The number of benzene rings is 1. The molecule has 6 nitrogen and oxygen atoms in total. The summed E-state index contributed by atoms with van der Waals surface area (Å²) in [7, 11) is 0. The Labute approximate surface area is 149 Å². The summed E-state index contributed by atoms with van der Waals surface area (Å²) >= 11 is 0. The standard InChI is InChI=1S/C19H26N4O2/c1-14-10-15(2)18(16(3)11-14)22-13-17(12-20)19(24)21-4-5-23-6-8-25-9-7-23/h10-11,13,22H,4-9H2,1-3H3,(H,21,24)/b17-13-. The van der Waals surface area contributed by atoms with E-state index in [1.807, 2.05) is 26.8 Å². The third kappa shape index (κ3) is 5.59. The molecule has 2 rings (SSSR count). The lowest BCUT2D eigenvalue weighted by molar-refractivity contribution is -0.117. The predicted molar refractivity (Wildman–Crippen MR) is 98.2 cm³/mol. The molecule has 0 radical (unpaired) electrons. The second-order valence-corrected chi connectivity index (χ2v) is 6.30. The Kier molecular flexibility index (Phi) is 6.99. The highest BCUT2D eigenvalue weighted by Crippen LogP contribution is 2.22. The fourth-order valence-electron chi connectivity index (χ4n) is 2.95. The SMILES string of the molecule is Cc1cc(C)c(N/C=C(/C#N)C(=O)NCCN2CCOCC2)c(C)c1. The molecule has 134 valence electrons. The Morgan fingerprint density at radius 3 is 2.52 bits per heavy atom. The molecule has 1 saturated heterocycles. The van der Waals surface area contributed by atoms with E-state index in [-0.39, 0.29) is 11.5 Å². The highest BCUT2D eigenvalue weighted by Gasteiger charge is 2.12. The first-order valence-corrected chi connectivity index (χ1v) is 8.54. The number of hydrogen-bond acceptors (Lipinski definition) is 5. The largest absolute Gasteiger partial charge is 0.379 e. The van der Waals surface area contributed by atoms with E-state index in [1.54, 1.807) is 0 Å². The van der Waals surface area contributed by atoms with E-state index in [0.29, 0.717) is 6.54 Å². The Morgan fingerprint density at radius 2 is 1.92 bits per heavy atom. The lowest BCUT2D eigenvalue weighted by atomic mass is 10.1. The van der Waals surface area contributed by atoms with Crippen LogP contribution in [0.2, 0.25) is 0 Å². The van der Waals surface area contributed by atoms with Crippen LogP contribution in [0, 0.1) is 32.1 Å². The number of nitrogens with one attached hydrogen (secondary N) is 2. The molecule has 0 aromatic heterocycles. The lowest BCUT2D eigenvalue weighted by Crippen LogP contribution is -2.41. The lowest BCUT2D eigenvalue weighted by Gasteiger charge is -2.26. The second kappa shape index (κ2) is 9.21. The molecule has 0 bridgehead atoms. The first-order chi connectivity index (χ1) is 12.0. The van der Waals surface area contributed by atoms with Crippen LogP contribution >= 0.6 is 0 Å². The van der Waals surface area contributed by atoms with Crippen molar-refractivity contribution in [2.24, 2.45) is 0 Å². The quantitative estimate of drug-likeness (QED) is 0.610. The fourth-order valence-corrected chi connectivity index (χ4v) is 2.95. The third-order valence-electron chi connectivity index (χ3n) is 4.22. The third-order valence-corrected chi connectivity index (χ3v) is 4.22. The van der Waals surface area contributed by atoms with Crippen LogP contribution in [-0.2, 0) is 9.53 Å². The highest BCUT2D eigenvalue weighted by atomic mass is 16.5. The molecule has 25 heavy (non-hydrogen) atoms. The fraction of sp³-hybridized carbons (Fsp3) is 0.474. The van der Waals surface area contributed by atoms with E-state index in [0.717, 1.165) is 49.7 Å². The van der Waals surface area contributed by atoms with Gasteiger partial charge >= 0.3 is 0 Å². The van der Waals surface area contributed by atoms with Crippen molar-refractivity contribution in [2.45, 2.75) is 20.8 Å². The topological polar surface area (TPSA) is 77.4 Å². The smallest absolute Gasteiger partial charge is 0.263 e. The van der Waals surface area contributed by atoms with Gasteiger partial charge in [0.2, 0.25) is 0 Å². The average Bonchev–Trinajstić information content (AvgIpc) is 2.58. The second-order valence-electron chi connectivity index (χ2n) is 6.30. The van der Waals surface area contributed by atoms with E-state index in [4.69, 9.17) is 4.74 Å². The number of carbonyl (C=O) groups excluding carboxylic acids is 1. The molecule has 1 fully saturated rings. The van der Waals surface area contributed by atoms with Crippen molar-refractivity contribution < 1.29 is 9.53 Å². The molecule has 0 atom stereocenters. The average molecular weight is 342 g/mol. The van der Waals surface area contributed by atoms with Crippen LogP contribution in [0.4, 0.5) is 5.69 Å². The van der Waals surface area contributed by atoms with Gasteiger partial charge in [0.1, 0.15) is 11.6 Å². The highest BCUT2D eigenvalue weighted by molar-refractivity contribution is 5.97. The van der Waals surface area contributed by atoms with Crippen molar-refractivity contribution in [1.29, 1.82) is 5.26 Å². The van der Waals surface area contributed by atoms with Crippen LogP contribution in [0.1, 0.15) is 16.7 Å². The number of ether oxygens (including phenoxy) is 1. The Morgan fingerprint density at radius 1 is 1.28 bits per heavy atom. The monoisotopic (exact) mass is 342 g/mol. The number of hydrogen-bond donors (Lipinski definition) is 2. The molecule has 1 aliphatic heterocycles. The maximum Gasteiger partial charge on any atom is 0.263 e. The van der Waals surface area contributed by atoms with E-state index < -0.39 is 0 Å². The zero-order valence-electron chi connectivity index (χ0n) is 15.2.